The fourth-order valence-corrected chi connectivity index (χ4v) is 9.28. The highest BCUT2D eigenvalue weighted by molar-refractivity contribution is 9.11. The predicted molar refractivity (Wildman–Crippen MR) is 337 cm³/mol. The Morgan fingerprint density at radius 2 is 0.753 bits per heavy atom. The molecule has 22 heteroatoms. The first-order valence-electron chi connectivity index (χ1n) is 26.8. The Balaban J connectivity index is 0.000000283. The van der Waals surface area contributed by atoms with Gasteiger partial charge in [0.1, 0.15) is 19.8 Å². The van der Waals surface area contributed by atoms with E-state index in [4.69, 9.17) is 37.6 Å². The molecular formula is C63H70Br3N5O13S. The molecule has 0 aliphatic carbocycles. The summed E-state index contributed by atoms with van der Waals surface area (Å²) in [6.45, 7) is 31.5. The lowest BCUT2D eigenvalue weighted by atomic mass is 9.97. The van der Waals surface area contributed by atoms with Crippen molar-refractivity contribution in [3.8, 4) is 0 Å². The lowest BCUT2D eigenvalue weighted by Gasteiger charge is -2.25. The molecule has 3 fully saturated rings. The number of carboxylic acid groups (broad SMARTS) is 2. The highest BCUT2D eigenvalue weighted by atomic mass is 79.9. The van der Waals surface area contributed by atoms with Gasteiger partial charge in [-0.1, -0.05) is 174 Å². The molecule has 452 valence electrons. The molecule has 85 heavy (non-hydrogen) atoms. The second kappa shape index (κ2) is 34.6. The molecule has 18 nitrogen and oxygen atoms in total. The van der Waals surface area contributed by atoms with Crippen molar-refractivity contribution < 1.29 is 62.8 Å². The number of nitrogens with zero attached hydrogens (tertiary/aromatic N) is 5. The summed E-state index contributed by atoms with van der Waals surface area (Å²) in [7, 11) is 0. The third-order valence-electron chi connectivity index (χ3n) is 13.8. The number of cyclic esters (lactones) is 3. The zero-order chi connectivity index (χ0) is 62.5. The first-order valence-corrected chi connectivity index (χ1v) is 29.2. The monoisotopic (exact) mass is 1370 g/mol. The Labute approximate surface area is 528 Å². The standard InChI is InChI=1S/C16H18N2O3.C15H18BrNO3.C14H16BrNO3.C10H9NO2.C8H7BrO2.H2S/c1-10(2)14-9-21-16(20)18(14)15(19)11(3)12-5-7-13(17-4)8-6-12;1-9(2)13-8-20-15(19)17(13)14(18)10(3)11-4-6-12(16)7-5-11;1-9(2)12-8-19-14(18)16(12)13(17)7-10-3-5-11(15)6-4-10;1-7(10(12)13)8-3-5-9(11-2)6-4-8;9-7-3-1-6(2-4-7)5-8(10)11;/h5-8,10-11,14H,9H2,1-3H3;4-7,9-10,13H,8H2,1-3H3;3-6,9,12H,7-8H2,1-2H3;3-7H,1H3,(H,12,13);1-4H,5H2,(H,10,11);1H2/t11-,14+;10-,13+;12-;7-;;/m0010../s1. The molecule has 3 aliphatic heterocycles. The summed E-state index contributed by atoms with van der Waals surface area (Å²) < 4.78 is 17.9. The number of ether oxygens (including phenoxy) is 3. The van der Waals surface area contributed by atoms with Crippen LogP contribution in [0.25, 0.3) is 9.69 Å². The second-order valence-electron chi connectivity index (χ2n) is 20.8. The van der Waals surface area contributed by atoms with Gasteiger partial charge >= 0.3 is 30.2 Å². The summed E-state index contributed by atoms with van der Waals surface area (Å²) in [6, 6.07) is 35.2. The van der Waals surface area contributed by atoms with Crippen molar-refractivity contribution in [3.05, 3.63) is 185 Å². The number of imide groups is 3. The van der Waals surface area contributed by atoms with E-state index < -0.39 is 42.1 Å². The van der Waals surface area contributed by atoms with E-state index >= 15 is 0 Å². The van der Waals surface area contributed by atoms with E-state index in [1.807, 2.05) is 109 Å². The summed E-state index contributed by atoms with van der Waals surface area (Å²) in [5.41, 5.74) is 5.16. The van der Waals surface area contributed by atoms with Crippen LogP contribution in [0.1, 0.15) is 108 Å². The SMILES string of the molecule is CC(C)[C@H]1COC(=O)N1C(=O)Cc1ccc(Br)cc1.CC(C)[C@H]1COC(=O)N1C(=O)[C@@H](C)c1ccc(Br)cc1.O=C(O)Cc1ccc(Br)cc1.S.[C-]#[N+]c1ccc([C@H](C)C(=O)N2C(=O)OC[C@@H]2C(C)C)cc1.[C-]#[N+]c1ccc([C@H](C)C(=O)O)cc1. The quantitative estimate of drug-likeness (QED) is 0.0828. The Bertz CT molecular complexity index is 3170. The average Bonchev–Trinajstić information content (AvgIpc) is 2.73. The van der Waals surface area contributed by atoms with Gasteiger partial charge in [-0.15, -0.1) is 0 Å². The minimum atomic E-state index is -0.851. The van der Waals surface area contributed by atoms with Gasteiger partial charge in [-0.25, -0.2) is 38.8 Å². The molecule has 0 spiro atoms. The Hall–Kier alpha value is -7.37. The molecular weight excluding hydrogens is 1310 g/mol. The number of aliphatic carboxylic acids is 2. The van der Waals surface area contributed by atoms with Crippen LogP contribution in [0.5, 0.6) is 0 Å². The Morgan fingerprint density at radius 1 is 0.471 bits per heavy atom. The molecule has 0 bridgehead atoms. The van der Waals surface area contributed by atoms with Gasteiger partial charge in [0.2, 0.25) is 17.7 Å². The van der Waals surface area contributed by atoms with Crippen molar-refractivity contribution in [1.82, 2.24) is 14.7 Å². The van der Waals surface area contributed by atoms with Crippen LogP contribution in [0.4, 0.5) is 25.8 Å². The highest BCUT2D eigenvalue weighted by Crippen LogP contribution is 2.30. The van der Waals surface area contributed by atoms with Crippen LogP contribution >= 0.6 is 61.3 Å². The van der Waals surface area contributed by atoms with Crippen LogP contribution in [-0.2, 0) is 51.0 Å². The molecule has 8 rings (SSSR count). The maximum atomic E-state index is 12.6. The molecule has 3 heterocycles. The maximum absolute atomic E-state index is 12.6. The summed E-state index contributed by atoms with van der Waals surface area (Å²) in [5.74, 6) is -3.11. The van der Waals surface area contributed by atoms with Crippen molar-refractivity contribution in [2.45, 2.75) is 111 Å². The number of carbonyl (C=O) groups excluding carboxylic acids is 6. The minimum absolute atomic E-state index is 0. The van der Waals surface area contributed by atoms with E-state index in [1.165, 1.54) is 14.7 Å². The summed E-state index contributed by atoms with van der Waals surface area (Å²) in [5, 5.41) is 17.1. The van der Waals surface area contributed by atoms with E-state index in [0.717, 1.165) is 41.2 Å². The fraction of sp³-hybridized carbons (Fsp3) is 0.365. The van der Waals surface area contributed by atoms with Crippen molar-refractivity contribution in [1.29, 1.82) is 0 Å². The van der Waals surface area contributed by atoms with Gasteiger partial charge in [-0.3, -0.25) is 24.0 Å². The van der Waals surface area contributed by atoms with E-state index in [1.54, 1.807) is 74.5 Å². The summed E-state index contributed by atoms with van der Waals surface area (Å²) in [6.07, 6.45) is -1.32. The molecule has 0 radical (unpaired) electrons. The Kier molecular flexibility index (Phi) is 29.2. The lowest BCUT2D eigenvalue weighted by Crippen LogP contribution is -2.43. The third kappa shape index (κ3) is 21.3. The number of carbonyl (C=O) groups is 8. The van der Waals surface area contributed by atoms with Crippen molar-refractivity contribution in [2.24, 2.45) is 17.8 Å². The summed E-state index contributed by atoms with van der Waals surface area (Å²) >= 11 is 9.98. The predicted octanol–water partition coefficient (Wildman–Crippen LogP) is 14.5. The number of hydrogen-bond donors (Lipinski definition) is 2. The van der Waals surface area contributed by atoms with Crippen molar-refractivity contribution >= 4 is 121 Å². The first-order chi connectivity index (χ1) is 39.7. The van der Waals surface area contributed by atoms with Gasteiger partial charge in [0, 0.05) is 13.4 Å². The number of benzene rings is 5. The third-order valence-corrected chi connectivity index (χ3v) is 15.4. The molecule has 5 aromatic rings. The molecule has 3 saturated heterocycles. The van der Waals surface area contributed by atoms with Crippen molar-refractivity contribution in [3.63, 3.8) is 0 Å². The molecule has 2 N–H and O–H groups in total. The van der Waals surface area contributed by atoms with Gasteiger partial charge in [0.05, 0.1) is 61.9 Å². The van der Waals surface area contributed by atoms with Crippen LogP contribution in [0.3, 0.4) is 0 Å². The van der Waals surface area contributed by atoms with E-state index in [2.05, 4.69) is 57.5 Å². The van der Waals surface area contributed by atoms with E-state index in [-0.39, 0.29) is 99.1 Å². The normalized spacial score (nSPS) is 16.7. The maximum Gasteiger partial charge on any atom is 0.417 e. The topological polar surface area (TPSA) is 223 Å². The van der Waals surface area contributed by atoms with Gasteiger partial charge in [0.25, 0.3) is 0 Å². The average molecular weight is 1380 g/mol. The molecule has 0 unspecified atom stereocenters. The lowest BCUT2D eigenvalue weighted by molar-refractivity contribution is -0.138. The van der Waals surface area contributed by atoms with Gasteiger partial charge in [0.15, 0.2) is 11.4 Å². The van der Waals surface area contributed by atoms with Gasteiger partial charge in [-0.05, 0) is 103 Å². The van der Waals surface area contributed by atoms with Crippen LogP contribution in [0, 0.1) is 30.9 Å². The second-order valence-corrected chi connectivity index (χ2v) is 23.6. The number of amides is 6. The fourth-order valence-electron chi connectivity index (χ4n) is 8.48. The number of hydrogen-bond acceptors (Lipinski definition) is 11. The van der Waals surface area contributed by atoms with Crippen LogP contribution in [0.2, 0.25) is 0 Å². The number of rotatable bonds is 13. The van der Waals surface area contributed by atoms with Crippen LogP contribution in [0.15, 0.2) is 135 Å². The van der Waals surface area contributed by atoms with Crippen LogP contribution in [-0.4, -0.2) is 111 Å². The molecule has 6 atom stereocenters. The highest BCUT2D eigenvalue weighted by Gasteiger charge is 2.43. The Morgan fingerprint density at radius 3 is 1.06 bits per heavy atom. The van der Waals surface area contributed by atoms with Crippen LogP contribution < -0.4 is 0 Å². The minimum Gasteiger partial charge on any atom is -0.481 e. The molecule has 0 aromatic heterocycles. The number of halogens is 3. The zero-order valence-electron chi connectivity index (χ0n) is 48.5. The smallest absolute Gasteiger partial charge is 0.417 e. The van der Waals surface area contributed by atoms with Gasteiger partial charge in [-0.2, -0.15) is 13.5 Å². The zero-order valence-corrected chi connectivity index (χ0v) is 54.3. The number of carboxylic acids is 2. The largest absolute Gasteiger partial charge is 0.481 e. The molecule has 3 aliphatic rings. The van der Waals surface area contributed by atoms with Crippen molar-refractivity contribution in [2.75, 3.05) is 19.8 Å². The van der Waals surface area contributed by atoms with Gasteiger partial charge < -0.3 is 24.4 Å². The molecule has 6 amide bonds. The first kappa shape index (κ1) is 71.9. The van der Waals surface area contributed by atoms with E-state index in [9.17, 15) is 38.4 Å². The molecule has 0 saturated carbocycles. The molecule has 5 aromatic carbocycles. The van der Waals surface area contributed by atoms with E-state index in [0.29, 0.717) is 18.0 Å². The summed E-state index contributed by atoms with van der Waals surface area (Å²) in [4.78, 5) is 104.